The number of rotatable bonds is 6. The SMILES string of the molecule is COc1ccc(/C=C/CCON)cc1NC(C)=O. The molecule has 0 aromatic heterocycles. The van der Waals surface area contributed by atoms with Crippen molar-refractivity contribution in [3.8, 4) is 5.75 Å². The van der Waals surface area contributed by atoms with Crippen LogP contribution in [0.5, 0.6) is 5.75 Å². The third kappa shape index (κ3) is 4.57. The van der Waals surface area contributed by atoms with Crippen molar-refractivity contribution in [2.45, 2.75) is 13.3 Å². The maximum Gasteiger partial charge on any atom is 0.221 e. The highest BCUT2D eigenvalue weighted by atomic mass is 16.6. The van der Waals surface area contributed by atoms with E-state index >= 15 is 0 Å². The molecule has 1 amide bonds. The molecule has 5 heteroatoms. The lowest BCUT2D eigenvalue weighted by Crippen LogP contribution is -2.07. The molecule has 0 aliphatic heterocycles. The predicted molar refractivity (Wildman–Crippen MR) is 71.1 cm³/mol. The van der Waals surface area contributed by atoms with Crippen molar-refractivity contribution in [1.29, 1.82) is 0 Å². The fourth-order valence-corrected chi connectivity index (χ4v) is 1.47. The highest BCUT2D eigenvalue weighted by Crippen LogP contribution is 2.26. The molecule has 0 heterocycles. The van der Waals surface area contributed by atoms with Crippen LogP contribution in [0.15, 0.2) is 24.3 Å². The molecule has 5 nitrogen and oxygen atoms in total. The maximum atomic E-state index is 11.1. The average molecular weight is 250 g/mol. The van der Waals surface area contributed by atoms with E-state index in [0.717, 1.165) is 12.0 Å². The Morgan fingerprint density at radius 3 is 2.89 bits per heavy atom. The quantitative estimate of drug-likeness (QED) is 0.598. The molecule has 1 aromatic carbocycles. The molecule has 98 valence electrons. The Balaban J connectivity index is 2.81. The van der Waals surface area contributed by atoms with Crippen LogP contribution in [0.25, 0.3) is 6.08 Å². The van der Waals surface area contributed by atoms with Gasteiger partial charge in [0.1, 0.15) is 5.75 Å². The van der Waals surface area contributed by atoms with E-state index in [1.165, 1.54) is 6.92 Å². The molecule has 18 heavy (non-hydrogen) atoms. The van der Waals surface area contributed by atoms with E-state index < -0.39 is 0 Å². The first-order chi connectivity index (χ1) is 8.67. The van der Waals surface area contributed by atoms with E-state index in [2.05, 4.69) is 10.2 Å². The maximum absolute atomic E-state index is 11.1. The normalized spacial score (nSPS) is 10.6. The van der Waals surface area contributed by atoms with Crippen LogP contribution in [0.4, 0.5) is 5.69 Å². The number of hydrogen-bond acceptors (Lipinski definition) is 4. The molecule has 0 bridgehead atoms. The highest BCUT2D eigenvalue weighted by molar-refractivity contribution is 5.90. The summed E-state index contributed by atoms with van der Waals surface area (Å²) in [6.07, 6.45) is 4.62. The Morgan fingerprint density at radius 2 is 2.28 bits per heavy atom. The molecule has 0 unspecified atom stereocenters. The Morgan fingerprint density at radius 1 is 1.50 bits per heavy atom. The van der Waals surface area contributed by atoms with Gasteiger partial charge in [0.15, 0.2) is 0 Å². The molecule has 0 fully saturated rings. The third-order valence-electron chi connectivity index (χ3n) is 2.25. The average Bonchev–Trinajstić information content (AvgIpc) is 2.34. The van der Waals surface area contributed by atoms with Crippen molar-refractivity contribution in [2.75, 3.05) is 19.0 Å². The standard InChI is InChI=1S/C13H18N2O3/c1-10(16)15-12-9-11(5-3-4-8-18-14)6-7-13(12)17-2/h3,5-7,9H,4,8,14H2,1-2H3,(H,15,16)/b5-3+. The Bertz CT molecular complexity index is 430. The lowest BCUT2D eigenvalue weighted by atomic mass is 10.1. The van der Waals surface area contributed by atoms with Crippen LogP contribution in [0, 0.1) is 0 Å². The van der Waals surface area contributed by atoms with Gasteiger partial charge >= 0.3 is 0 Å². The molecule has 0 aliphatic rings. The van der Waals surface area contributed by atoms with Gasteiger partial charge in [0.05, 0.1) is 19.4 Å². The lowest BCUT2D eigenvalue weighted by molar-refractivity contribution is -0.114. The van der Waals surface area contributed by atoms with Crippen molar-refractivity contribution in [3.05, 3.63) is 29.8 Å². The van der Waals surface area contributed by atoms with Crippen molar-refractivity contribution in [2.24, 2.45) is 5.90 Å². The topological polar surface area (TPSA) is 73.6 Å². The zero-order valence-electron chi connectivity index (χ0n) is 10.6. The van der Waals surface area contributed by atoms with E-state index in [9.17, 15) is 4.79 Å². The van der Waals surface area contributed by atoms with E-state index in [-0.39, 0.29) is 5.91 Å². The minimum absolute atomic E-state index is 0.133. The van der Waals surface area contributed by atoms with E-state index in [0.29, 0.717) is 18.0 Å². The van der Waals surface area contributed by atoms with Crippen LogP contribution in [-0.4, -0.2) is 19.6 Å². The van der Waals surface area contributed by atoms with Gasteiger partial charge in [-0.05, 0) is 24.1 Å². The van der Waals surface area contributed by atoms with Gasteiger partial charge in [-0.25, -0.2) is 5.90 Å². The van der Waals surface area contributed by atoms with Crippen LogP contribution < -0.4 is 16.0 Å². The molecular formula is C13H18N2O3. The summed E-state index contributed by atoms with van der Waals surface area (Å²) >= 11 is 0. The zero-order valence-corrected chi connectivity index (χ0v) is 10.6. The van der Waals surface area contributed by atoms with Crippen LogP contribution in [-0.2, 0) is 9.63 Å². The number of hydrogen-bond donors (Lipinski definition) is 2. The number of nitrogens with two attached hydrogens (primary N) is 1. The summed E-state index contributed by atoms with van der Waals surface area (Å²) in [4.78, 5) is 15.5. The molecule has 0 atom stereocenters. The van der Waals surface area contributed by atoms with Crippen LogP contribution >= 0.6 is 0 Å². The fourth-order valence-electron chi connectivity index (χ4n) is 1.47. The van der Waals surface area contributed by atoms with Crippen molar-refractivity contribution in [1.82, 2.24) is 0 Å². The number of carbonyl (C=O) groups is 1. The minimum atomic E-state index is -0.133. The zero-order chi connectivity index (χ0) is 13.4. The van der Waals surface area contributed by atoms with Gasteiger partial charge in [0, 0.05) is 6.92 Å². The van der Waals surface area contributed by atoms with Gasteiger partial charge in [0.2, 0.25) is 5.91 Å². The molecule has 1 aromatic rings. The van der Waals surface area contributed by atoms with Crippen molar-refractivity contribution >= 4 is 17.7 Å². The predicted octanol–water partition coefficient (Wildman–Crippen LogP) is 1.95. The van der Waals surface area contributed by atoms with Gasteiger partial charge in [-0.2, -0.15) is 0 Å². The molecule has 3 N–H and O–H groups in total. The summed E-state index contributed by atoms with van der Waals surface area (Å²) in [5.74, 6) is 5.43. The Labute approximate surface area is 107 Å². The molecule has 1 rings (SSSR count). The number of carbonyl (C=O) groups excluding carboxylic acids is 1. The summed E-state index contributed by atoms with van der Waals surface area (Å²) in [5, 5.41) is 2.72. The summed E-state index contributed by atoms with van der Waals surface area (Å²) in [5.41, 5.74) is 1.62. The number of anilines is 1. The van der Waals surface area contributed by atoms with Crippen molar-refractivity contribution < 1.29 is 14.4 Å². The van der Waals surface area contributed by atoms with Gasteiger partial charge in [-0.15, -0.1) is 0 Å². The van der Waals surface area contributed by atoms with Gasteiger partial charge < -0.3 is 14.9 Å². The first-order valence-electron chi connectivity index (χ1n) is 5.61. The highest BCUT2D eigenvalue weighted by Gasteiger charge is 2.04. The van der Waals surface area contributed by atoms with Gasteiger partial charge in [-0.3, -0.25) is 4.79 Å². The number of benzene rings is 1. The molecule has 0 saturated heterocycles. The summed E-state index contributed by atoms with van der Waals surface area (Å²) in [6, 6.07) is 5.56. The number of ether oxygens (including phenoxy) is 1. The van der Waals surface area contributed by atoms with E-state index in [4.69, 9.17) is 10.6 Å². The van der Waals surface area contributed by atoms with E-state index in [1.807, 2.05) is 30.4 Å². The third-order valence-corrected chi connectivity index (χ3v) is 2.25. The van der Waals surface area contributed by atoms with Crippen LogP contribution in [0.2, 0.25) is 0 Å². The van der Waals surface area contributed by atoms with Gasteiger partial charge in [-0.1, -0.05) is 18.2 Å². The van der Waals surface area contributed by atoms with Crippen LogP contribution in [0.3, 0.4) is 0 Å². The molecular weight excluding hydrogens is 232 g/mol. The second kappa shape index (κ2) is 7.47. The second-order valence-corrected chi connectivity index (χ2v) is 3.70. The molecule has 0 spiro atoms. The second-order valence-electron chi connectivity index (χ2n) is 3.70. The number of methoxy groups -OCH3 is 1. The largest absolute Gasteiger partial charge is 0.495 e. The molecule has 0 radical (unpaired) electrons. The Kier molecular flexibility index (Phi) is 5.90. The monoisotopic (exact) mass is 250 g/mol. The smallest absolute Gasteiger partial charge is 0.221 e. The minimum Gasteiger partial charge on any atom is -0.495 e. The number of amides is 1. The Hall–Kier alpha value is -1.85. The van der Waals surface area contributed by atoms with Crippen molar-refractivity contribution in [3.63, 3.8) is 0 Å². The van der Waals surface area contributed by atoms with Gasteiger partial charge in [0.25, 0.3) is 0 Å². The number of nitrogens with one attached hydrogen (secondary N) is 1. The first-order valence-corrected chi connectivity index (χ1v) is 5.61. The lowest BCUT2D eigenvalue weighted by Gasteiger charge is -2.09. The first kappa shape index (κ1) is 14.2. The summed E-state index contributed by atoms with van der Waals surface area (Å²) in [7, 11) is 1.56. The summed E-state index contributed by atoms with van der Waals surface area (Å²) < 4.78 is 5.17. The van der Waals surface area contributed by atoms with E-state index in [1.54, 1.807) is 7.11 Å². The van der Waals surface area contributed by atoms with Crippen LogP contribution in [0.1, 0.15) is 18.9 Å². The summed E-state index contributed by atoms with van der Waals surface area (Å²) in [6.45, 7) is 1.94. The molecule has 0 saturated carbocycles. The fraction of sp³-hybridized carbons (Fsp3) is 0.308. The molecule has 0 aliphatic carbocycles.